The number of nitrogens with zero attached hydrogens (tertiary/aromatic N) is 3. The summed E-state index contributed by atoms with van der Waals surface area (Å²) < 4.78 is 40.3. The van der Waals surface area contributed by atoms with E-state index in [0.717, 1.165) is 22.0 Å². The summed E-state index contributed by atoms with van der Waals surface area (Å²) >= 11 is 0. The molecule has 0 radical (unpaired) electrons. The van der Waals surface area contributed by atoms with Crippen LogP contribution in [0.1, 0.15) is 21.6 Å². The van der Waals surface area contributed by atoms with Crippen LogP contribution in [0.5, 0.6) is 0 Å². The van der Waals surface area contributed by atoms with E-state index in [2.05, 4.69) is 15.6 Å². The fourth-order valence-electron chi connectivity index (χ4n) is 2.76. The Morgan fingerprint density at radius 1 is 1.14 bits per heavy atom. The second-order valence-electron chi connectivity index (χ2n) is 6.05. The Bertz CT molecular complexity index is 1010. The predicted molar refractivity (Wildman–Crippen MR) is 97.5 cm³/mol. The first-order chi connectivity index (χ1) is 13.3. The number of aromatic nitrogens is 2. The van der Waals surface area contributed by atoms with Crippen LogP contribution in [0.25, 0.3) is 11.1 Å². The van der Waals surface area contributed by atoms with E-state index in [-0.39, 0.29) is 6.54 Å². The van der Waals surface area contributed by atoms with Crippen LogP contribution < -0.4 is 5.32 Å². The molecule has 9 heteroatoms. The van der Waals surface area contributed by atoms with Gasteiger partial charge in [0.1, 0.15) is 6.54 Å². The monoisotopic (exact) mass is 388 g/mol. The van der Waals surface area contributed by atoms with Gasteiger partial charge in [0, 0.05) is 24.5 Å². The van der Waals surface area contributed by atoms with E-state index >= 15 is 0 Å². The zero-order chi connectivity index (χ0) is 20.3. The number of carbonyl (C=O) groups is 1. The van der Waals surface area contributed by atoms with Crippen molar-refractivity contribution in [3.63, 3.8) is 0 Å². The molecule has 0 aliphatic heterocycles. The van der Waals surface area contributed by atoms with Crippen molar-refractivity contribution in [3.05, 3.63) is 76.5 Å². The van der Waals surface area contributed by atoms with Crippen LogP contribution in [0.15, 0.2) is 59.9 Å². The first-order valence-corrected chi connectivity index (χ1v) is 8.19. The Balaban J connectivity index is 1.92. The molecule has 1 heterocycles. The first-order valence-electron chi connectivity index (χ1n) is 8.19. The van der Waals surface area contributed by atoms with Gasteiger partial charge in [-0.1, -0.05) is 47.6 Å². The number of hydrogen-bond acceptors (Lipinski definition) is 4. The molecule has 28 heavy (non-hydrogen) atoms. The lowest BCUT2D eigenvalue weighted by Crippen LogP contribution is -2.18. The number of para-hydroxylation sites is 1. The third-order valence-electron chi connectivity index (χ3n) is 4.03. The maximum absolute atomic E-state index is 13.1. The summed E-state index contributed by atoms with van der Waals surface area (Å²) in [6.07, 6.45) is -3.71. The van der Waals surface area contributed by atoms with Gasteiger partial charge >= 0.3 is 6.18 Å². The Labute approximate surface area is 158 Å². The molecule has 6 nitrogen and oxygen atoms in total. The zero-order valence-electron chi connectivity index (χ0n) is 14.7. The van der Waals surface area contributed by atoms with Crippen LogP contribution in [-0.4, -0.2) is 15.7 Å². The average Bonchev–Trinajstić information content (AvgIpc) is 3.06. The lowest BCUT2D eigenvalue weighted by atomic mass is 10.0. The number of amides is 1. The molecule has 2 aromatic carbocycles. The van der Waals surface area contributed by atoms with E-state index in [1.807, 2.05) is 0 Å². The summed E-state index contributed by atoms with van der Waals surface area (Å²) in [6.45, 7) is 0.0416. The Hall–Kier alpha value is -3.49. The minimum Gasteiger partial charge on any atom is -0.321 e. The molecule has 0 atom stereocenters. The third kappa shape index (κ3) is 4.08. The highest BCUT2D eigenvalue weighted by molar-refractivity contribution is 6.07. The molecular formula is C19H15F3N4O2. The highest BCUT2D eigenvalue weighted by atomic mass is 19.4. The summed E-state index contributed by atoms with van der Waals surface area (Å²) in [4.78, 5) is 22.9. The van der Waals surface area contributed by atoms with Crippen LogP contribution in [0.3, 0.4) is 0 Å². The van der Waals surface area contributed by atoms with Gasteiger partial charge in [-0.05, 0) is 17.2 Å². The summed E-state index contributed by atoms with van der Waals surface area (Å²) in [5.41, 5.74) is 0.635. The first kappa shape index (κ1) is 19.3. The maximum Gasteiger partial charge on any atom is 0.435 e. The normalized spacial score (nSPS) is 11.3. The Morgan fingerprint density at radius 2 is 1.82 bits per heavy atom. The van der Waals surface area contributed by atoms with E-state index in [9.17, 15) is 22.9 Å². The van der Waals surface area contributed by atoms with Crippen molar-refractivity contribution in [1.29, 1.82) is 0 Å². The van der Waals surface area contributed by atoms with E-state index < -0.39 is 23.3 Å². The number of rotatable bonds is 5. The molecule has 0 aliphatic carbocycles. The highest BCUT2D eigenvalue weighted by Crippen LogP contribution is 2.32. The number of benzene rings is 2. The van der Waals surface area contributed by atoms with E-state index in [1.54, 1.807) is 48.5 Å². The fourth-order valence-corrected chi connectivity index (χ4v) is 2.76. The van der Waals surface area contributed by atoms with Crippen LogP contribution in [-0.2, 0) is 19.8 Å². The van der Waals surface area contributed by atoms with Crippen LogP contribution in [0, 0.1) is 4.91 Å². The van der Waals surface area contributed by atoms with E-state index in [0.29, 0.717) is 11.3 Å². The summed E-state index contributed by atoms with van der Waals surface area (Å²) in [5.74, 6) is -0.908. The van der Waals surface area contributed by atoms with Gasteiger partial charge in [0.05, 0.1) is 5.56 Å². The molecule has 3 aromatic rings. The number of carbonyl (C=O) groups excluding carboxylic acids is 1. The molecule has 0 bridgehead atoms. The van der Waals surface area contributed by atoms with Gasteiger partial charge in [0.15, 0.2) is 5.69 Å². The molecule has 1 aromatic heterocycles. The van der Waals surface area contributed by atoms with Crippen molar-refractivity contribution >= 4 is 11.6 Å². The van der Waals surface area contributed by atoms with Crippen molar-refractivity contribution in [2.75, 3.05) is 5.32 Å². The number of halogens is 3. The highest BCUT2D eigenvalue weighted by Gasteiger charge is 2.39. The largest absolute Gasteiger partial charge is 0.435 e. The lowest BCUT2D eigenvalue weighted by molar-refractivity contribution is -0.141. The summed E-state index contributed by atoms with van der Waals surface area (Å²) in [7, 11) is 1.32. The van der Waals surface area contributed by atoms with Gasteiger partial charge in [0.2, 0.25) is 0 Å². The minimum absolute atomic E-state index is 0.0416. The molecular weight excluding hydrogens is 373 g/mol. The van der Waals surface area contributed by atoms with Gasteiger partial charge in [-0.25, -0.2) is 0 Å². The molecule has 0 saturated carbocycles. The molecule has 0 saturated heterocycles. The van der Waals surface area contributed by atoms with Gasteiger partial charge in [0.25, 0.3) is 5.91 Å². The zero-order valence-corrected chi connectivity index (χ0v) is 14.7. The molecule has 0 spiro atoms. The van der Waals surface area contributed by atoms with Crippen molar-refractivity contribution < 1.29 is 18.0 Å². The van der Waals surface area contributed by atoms with Crippen molar-refractivity contribution in [1.82, 2.24) is 9.78 Å². The predicted octanol–water partition coefficient (Wildman–Crippen LogP) is 4.62. The van der Waals surface area contributed by atoms with E-state index in [1.165, 1.54) is 7.05 Å². The second-order valence-corrected chi connectivity index (χ2v) is 6.05. The summed E-state index contributed by atoms with van der Waals surface area (Å²) in [6, 6.07) is 13.7. The summed E-state index contributed by atoms with van der Waals surface area (Å²) in [5, 5.41) is 8.70. The molecule has 0 unspecified atom stereocenters. The third-order valence-corrected chi connectivity index (χ3v) is 4.03. The van der Waals surface area contributed by atoms with Crippen LogP contribution in [0.2, 0.25) is 0 Å². The lowest BCUT2D eigenvalue weighted by Gasteiger charge is -2.12. The number of aryl methyl sites for hydroxylation is 1. The van der Waals surface area contributed by atoms with Crippen LogP contribution >= 0.6 is 0 Å². The number of anilines is 1. The molecule has 0 fully saturated rings. The molecule has 144 valence electrons. The molecule has 1 N–H and O–H groups in total. The van der Waals surface area contributed by atoms with Gasteiger partial charge < -0.3 is 5.32 Å². The number of nitroso groups, excluding NO2 is 1. The smallest absolute Gasteiger partial charge is 0.321 e. The minimum atomic E-state index is -4.74. The van der Waals surface area contributed by atoms with Gasteiger partial charge in [-0.2, -0.15) is 23.2 Å². The Kier molecular flexibility index (Phi) is 5.25. The van der Waals surface area contributed by atoms with E-state index in [4.69, 9.17) is 0 Å². The second kappa shape index (κ2) is 7.63. The molecule has 1 amide bonds. The van der Waals surface area contributed by atoms with Gasteiger partial charge in [-0.3, -0.25) is 9.48 Å². The molecule has 0 aliphatic rings. The fraction of sp³-hybridized carbons (Fsp3) is 0.158. The number of alkyl halides is 3. The molecule has 3 rings (SSSR count). The number of hydrogen-bond donors (Lipinski definition) is 1. The van der Waals surface area contributed by atoms with Crippen molar-refractivity contribution in [2.24, 2.45) is 12.2 Å². The van der Waals surface area contributed by atoms with Gasteiger partial charge in [-0.15, -0.1) is 0 Å². The SMILES string of the molecule is Cn1cc(C(=O)Nc2ccccc2-c2ccc(CN=O)cc2)c(C(F)(F)F)n1. The maximum atomic E-state index is 13.1. The van der Waals surface area contributed by atoms with Crippen molar-refractivity contribution in [3.8, 4) is 11.1 Å². The average molecular weight is 388 g/mol. The Morgan fingerprint density at radius 3 is 2.46 bits per heavy atom. The standard InChI is InChI=1S/C19H15F3N4O2/c1-26-11-15(17(25-26)19(20,21)22)18(27)24-16-5-3-2-4-14(16)13-8-6-12(7-9-13)10-23-28/h2-9,11H,10H2,1H3,(H,24,27). The quantitative estimate of drug-likeness (QED) is 0.648. The van der Waals surface area contributed by atoms with Crippen molar-refractivity contribution in [2.45, 2.75) is 12.7 Å². The topological polar surface area (TPSA) is 76.3 Å². The number of nitrogens with one attached hydrogen (secondary N) is 1. The van der Waals surface area contributed by atoms with Crippen LogP contribution in [0.4, 0.5) is 18.9 Å².